The molecule has 1 saturated heterocycles. The Labute approximate surface area is 187 Å². The number of carbonyl (C=O) groups is 2. The van der Waals surface area contributed by atoms with Crippen LogP contribution in [0.15, 0.2) is 47.3 Å². The molecule has 2 N–H and O–H groups in total. The number of nitrogens with zero attached hydrogens (tertiary/aromatic N) is 2. The molecule has 1 aliphatic heterocycles. The summed E-state index contributed by atoms with van der Waals surface area (Å²) in [6, 6.07) is 9.90. The smallest absolute Gasteiger partial charge is 0.313 e. The third-order valence-corrected chi connectivity index (χ3v) is 5.62. The number of fused-ring (bicyclic) bond motifs is 1. The van der Waals surface area contributed by atoms with E-state index in [1.807, 2.05) is 0 Å². The fourth-order valence-electron chi connectivity index (χ4n) is 3.96. The third kappa shape index (κ3) is 4.50. The monoisotopic (exact) mass is 456 g/mol. The van der Waals surface area contributed by atoms with Crippen LogP contribution in [0.25, 0.3) is 10.9 Å². The Morgan fingerprint density at radius 3 is 2.48 bits per heavy atom. The van der Waals surface area contributed by atoms with Crippen LogP contribution in [0.1, 0.15) is 6.92 Å². The molecule has 10 heteroatoms. The lowest BCUT2D eigenvalue weighted by Gasteiger charge is -2.40. The number of benzene rings is 2. The second kappa shape index (κ2) is 8.89. The zero-order valence-electron chi connectivity index (χ0n) is 18.0. The maximum Gasteiger partial charge on any atom is 0.313 e. The molecule has 0 bridgehead atoms. The summed E-state index contributed by atoms with van der Waals surface area (Å²) in [5.41, 5.74) is 1.14. The molecule has 1 atom stereocenters. The van der Waals surface area contributed by atoms with E-state index in [0.717, 1.165) is 0 Å². The molecular weight excluding hydrogens is 434 g/mol. The lowest BCUT2D eigenvalue weighted by atomic mass is 10.1. The summed E-state index contributed by atoms with van der Waals surface area (Å²) < 4.78 is 32.9. The maximum atomic E-state index is 14.1. The highest BCUT2D eigenvalue weighted by Crippen LogP contribution is 2.29. The van der Waals surface area contributed by atoms with Gasteiger partial charge in [0, 0.05) is 66.2 Å². The molecule has 33 heavy (non-hydrogen) atoms. The fraction of sp³-hybridized carbons (Fsp3) is 0.261. The Morgan fingerprint density at radius 1 is 1.09 bits per heavy atom. The summed E-state index contributed by atoms with van der Waals surface area (Å²) in [6.45, 7) is 2.58. The minimum Gasteiger partial charge on any atom is -0.491 e. The standard InChI is InChI=1S/C23H22F2N4O4/c1-13-12-28(16-10-17(24)21(33-2)18(25)11-16)7-8-29(13)23(32)22(31)26-15-4-5-19-14(9-15)3-6-20(30)27-19/h3-6,9-11,13H,7-8,12H2,1-2H3,(H,26,31)(H,27,30)/t13-/m1/s1. The molecule has 2 heterocycles. The fourth-order valence-corrected chi connectivity index (χ4v) is 3.96. The second-order valence-corrected chi connectivity index (χ2v) is 7.81. The van der Waals surface area contributed by atoms with E-state index in [4.69, 9.17) is 4.74 Å². The molecule has 2 aromatic carbocycles. The van der Waals surface area contributed by atoms with E-state index >= 15 is 0 Å². The first-order valence-corrected chi connectivity index (χ1v) is 10.3. The van der Waals surface area contributed by atoms with Crippen LogP contribution in [-0.4, -0.2) is 54.5 Å². The van der Waals surface area contributed by atoms with Crippen LogP contribution in [0, 0.1) is 11.6 Å². The van der Waals surface area contributed by atoms with Gasteiger partial charge < -0.3 is 24.8 Å². The number of piperazine rings is 1. The van der Waals surface area contributed by atoms with Crippen molar-refractivity contribution in [2.75, 3.05) is 37.0 Å². The number of hydrogen-bond donors (Lipinski definition) is 2. The molecular formula is C23H22F2N4O4. The molecule has 1 aliphatic rings. The highest BCUT2D eigenvalue weighted by atomic mass is 19.1. The molecule has 1 fully saturated rings. The molecule has 172 valence electrons. The summed E-state index contributed by atoms with van der Waals surface area (Å²) in [5.74, 6) is -3.55. The zero-order valence-corrected chi connectivity index (χ0v) is 18.0. The number of aromatic nitrogens is 1. The van der Waals surface area contributed by atoms with E-state index in [0.29, 0.717) is 35.4 Å². The van der Waals surface area contributed by atoms with Gasteiger partial charge in [0.25, 0.3) is 0 Å². The van der Waals surface area contributed by atoms with E-state index in [2.05, 4.69) is 10.3 Å². The number of halogens is 2. The van der Waals surface area contributed by atoms with Gasteiger partial charge in [-0.15, -0.1) is 0 Å². The molecule has 0 aliphatic carbocycles. The van der Waals surface area contributed by atoms with Crippen molar-refractivity contribution in [2.24, 2.45) is 0 Å². The average Bonchev–Trinajstić information content (AvgIpc) is 2.78. The number of carbonyl (C=O) groups excluding carboxylic acids is 2. The Hall–Kier alpha value is -3.95. The molecule has 0 radical (unpaired) electrons. The number of anilines is 2. The normalized spacial score (nSPS) is 16.1. The molecule has 4 rings (SSSR count). The van der Waals surface area contributed by atoms with Crippen molar-refractivity contribution >= 4 is 34.1 Å². The van der Waals surface area contributed by atoms with Crippen LogP contribution in [0.3, 0.4) is 0 Å². The van der Waals surface area contributed by atoms with Gasteiger partial charge >= 0.3 is 11.8 Å². The number of pyridine rings is 1. The first-order valence-electron chi connectivity index (χ1n) is 10.3. The zero-order chi connectivity index (χ0) is 23.7. The van der Waals surface area contributed by atoms with Gasteiger partial charge in [0.1, 0.15) is 0 Å². The maximum absolute atomic E-state index is 14.1. The van der Waals surface area contributed by atoms with Crippen molar-refractivity contribution in [1.82, 2.24) is 9.88 Å². The largest absolute Gasteiger partial charge is 0.491 e. The summed E-state index contributed by atoms with van der Waals surface area (Å²) >= 11 is 0. The summed E-state index contributed by atoms with van der Waals surface area (Å²) in [6.07, 6.45) is 0. The number of ether oxygens (including phenoxy) is 1. The molecule has 0 unspecified atom stereocenters. The summed E-state index contributed by atoms with van der Waals surface area (Å²) in [7, 11) is 1.19. The minimum absolute atomic E-state index is 0.210. The lowest BCUT2D eigenvalue weighted by Crippen LogP contribution is -2.56. The van der Waals surface area contributed by atoms with Crippen molar-refractivity contribution in [3.8, 4) is 5.75 Å². The summed E-state index contributed by atoms with van der Waals surface area (Å²) in [4.78, 5) is 42.6. The van der Waals surface area contributed by atoms with E-state index < -0.39 is 29.2 Å². The number of H-pyrrole nitrogens is 1. The van der Waals surface area contributed by atoms with E-state index in [9.17, 15) is 23.2 Å². The average molecular weight is 456 g/mol. The molecule has 3 aromatic rings. The molecule has 8 nitrogen and oxygen atoms in total. The first kappa shape index (κ1) is 22.3. The Balaban J connectivity index is 1.43. The number of aromatic amines is 1. The third-order valence-electron chi connectivity index (χ3n) is 5.62. The number of hydrogen-bond acceptors (Lipinski definition) is 5. The van der Waals surface area contributed by atoms with Crippen LogP contribution < -0.4 is 20.5 Å². The van der Waals surface area contributed by atoms with Crippen LogP contribution in [-0.2, 0) is 9.59 Å². The van der Waals surface area contributed by atoms with Gasteiger partial charge in [-0.05, 0) is 31.2 Å². The van der Waals surface area contributed by atoms with Crippen molar-refractivity contribution in [2.45, 2.75) is 13.0 Å². The van der Waals surface area contributed by atoms with Crippen molar-refractivity contribution in [1.29, 1.82) is 0 Å². The number of amides is 2. The first-order chi connectivity index (χ1) is 15.8. The number of rotatable bonds is 3. The van der Waals surface area contributed by atoms with Crippen LogP contribution in [0.5, 0.6) is 5.75 Å². The van der Waals surface area contributed by atoms with Gasteiger partial charge in [-0.1, -0.05) is 0 Å². The van der Waals surface area contributed by atoms with Gasteiger partial charge in [-0.25, -0.2) is 8.78 Å². The Kier molecular flexibility index (Phi) is 5.99. The van der Waals surface area contributed by atoms with E-state index in [1.54, 1.807) is 36.1 Å². The van der Waals surface area contributed by atoms with Crippen LogP contribution in [0.4, 0.5) is 20.2 Å². The Morgan fingerprint density at radius 2 is 1.82 bits per heavy atom. The van der Waals surface area contributed by atoms with Crippen molar-refractivity contribution < 1.29 is 23.1 Å². The Bertz CT molecular complexity index is 1270. The van der Waals surface area contributed by atoms with Gasteiger partial charge in [-0.2, -0.15) is 0 Å². The van der Waals surface area contributed by atoms with Crippen molar-refractivity contribution in [3.63, 3.8) is 0 Å². The molecule has 0 saturated carbocycles. The highest BCUT2D eigenvalue weighted by Gasteiger charge is 2.32. The second-order valence-electron chi connectivity index (χ2n) is 7.81. The van der Waals surface area contributed by atoms with Gasteiger partial charge in [0.2, 0.25) is 5.56 Å². The minimum atomic E-state index is -0.808. The predicted octanol–water partition coefficient (Wildman–Crippen LogP) is 2.49. The molecule has 1 aromatic heterocycles. The van der Waals surface area contributed by atoms with Gasteiger partial charge in [0.05, 0.1) is 7.11 Å². The summed E-state index contributed by atoms with van der Waals surface area (Å²) in [5, 5.41) is 3.30. The van der Waals surface area contributed by atoms with Crippen molar-refractivity contribution in [3.05, 3.63) is 64.5 Å². The van der Waals surface area contributed by atoms with E-state index in [-0.39, 0.29) is 18.1 Å². The van der Waals surface area contributed by atoms with Crippen LogP contribution in [0.2, 0.25) is 0 Å². The topological polar surface area (TPSA) is 94.7 Å². The molecule has 2 amide bonds. The van der Waals surface area contributed by atoms with Crippen LogP contribution >= 0.6 is 0 Å². The predicted molar refractivity (Wildman–Crippen MR) is 119 cm³/mol. The number of nitrogens with one attached hydrogen (secondary N) is 2. The van der Waals surface area contributed by atoms with E-state index in [1.165, 1.54) is 30.2 Å². The SMILES string of the molecule is COc1c(F)cc(N2CCN(C(=O)C(=O)Nc3ccc4[nH]c(=O)ccc4c3)[C@H](C)C2)cc1F. The highest BCUT2D eigenvalue weighted by molar-refractivity contribution is 6.39. The van der Waals surface area contributed by atoms with Gasteiger partial charge in [0.15, 0.2) is 17.4 Å². The molecule has 0 spiro atoms. The van der Waals surface area contributed by atoms with Gasteiger partial charge in [-0.3, -0.25) is 14.4 Å². The number of methoxy groups -OCH3 is 1. The quantitative estimate of drug-likeness (QED) is 0.591. The lowest BCUT2D eigenvalue weighted by molar-refractivity contribution is -0.144.